The summed E-state index contributed by atoms with van der Waals surface area (Å²) in [5.74, 6) is -6.93. The average molecular weight is 302 g/mol. The lowest BCUT2D eigenvalue weighted by atomic mass is 9.91. The Balaban J connectivity index is 2.08. The number of rotatable bonds is 3. The van der Waals surface area contributed by atoms with Gasteiger partial charge in [-0.05, 0) is 38.8 Å². The van der Waals surface area contributed by atoms with Gasteiger partial charge in [-0.1, -0.05) is 0 Å². The van der Waals surface area contributed by atoms with Crippen LogP contribution in [0.4, 0.5) is 13.2 Å². The quantitative estimate of drug-likeness (QED) is 0.749. The maximum absolute atomic E-state index is 13.6. The molecule has 1 aromatic carbocycles. The van der Waals surface area contributed by atoms with Gasteiger partial charge in [-0.15, -0.1) is 0 Å². The summed E-state index contributed by atoms with van der Waals surface area (Å²) >= 11 is 0. The molecular weight excluding hydrogens is 285 g/mol. The molecule has 0 radical (unpaired) electrons. The fourth-order valence-electron chi connectivity index (χ4n) is 2.55. The van der Waals surface area contributed by atoms with Crippen LogP contribution in [0.15, 0.2) is 6.07 Å². The summed E-state index contributed by atoms with van der Waals surface area (Å²) in [5, 5.41) is 14.8. The topological polar surface area (TPSA) is 61.4 Å². The van der Waals surface area contributed by atoms with Gasteiger partial charge in [0.15, 0.2) is 17.4 Å². The first-order valence-corrected chi connectivity index (χ1v) is 6.78. The SMILES string of the molecule is CNC1CCC(NC(=O)c2cc(F)c(F)c(O)c2F)CC1. The molecule has 116 valence electrons. The van der Waals surface area contributed by atoms with Crippen LogP contribution in [0.3, 0.4) is 0 Å². The van der Waals surface area contributed by atoms with Gasteiger partial charge in [0, 0.05) is 12.1 Å². The molecule has 1 aliphatic carbocycles. The molecule has 0 atom stereocenters. The van der Waals surface area contributed by atoms with Crippen LogP contribution in [-0.4, -0.2) is 30.1 Å². The smallest absolute Gasteiger partial charge is 0.254 e. The molecule has 1 saturated carbocycles. The van der Waals surface area contributed by atoms with Crippen LogP contribution < -0.4 is 10.6 Å². The van der Waals surface area contributed by atoms with Gasteiger partial charge in [-0.25, -0.2) is 8.78 Å². The minimum Gasteiger partial charge on any atom is -0.503 e. The molecule has 0 saturated heterocycles. The van der Waals surface area contributed by atoms with Crippen molar-refractivity contribution in [1.29, 1.82) is 0 Å². The van der Waals surface area contributed by atoms with Crippen molar-refractivity contribution in [3.8, 4) is 5.75 Å². The third-order valence-corrected chi connectivity index (χ3v) is 3.85. The highest BCUT2D eigenvalue weighted by molar-refractivity contribution is 5.95. The fourth-order valence-corrected chi connectivity index (χ4v) is 2.55. The summed E-state index contributed by atoms with van der Waals surface area (Å²) in [6, 6.07) is 0.706. The van der Waals surface area contributed by atoms with Crippen LogP contribution in [0.25, 0.3) is 0 Å². The van der Waals surface area contributed by atoms with Crippen LogP contribution in [0.2, 0.25) is 0 Å². The maximum atomic E-state index is 13.6. The number of amides is 1. The number of hydrogen-bond acceptors (Lipinski definition) is 3. The molecule has 3 N–H and O–H groups in total. The van der Waals surface area contributed by atoms with Gasteiger partial charge < -0.3 is 15.7 Å². The first-order valence-electron chi connectivity index (χ1n) is 6.78. The number of phenols is 1. The van der Waals surface area contributed by atoms with Crippen molar-refractivity contribution in [3.63, 3.8) is 0 Å². The number of phenolic OH excluding ortho intramolecular Hbond substituents is 1. The number of carbonyl (C=O) groups is 1. The fraction of sp³-hybridized carbons (Fsp3) is 0.500. The molecule has 1 aromatic rings. The molecule has 0 aromatic heterocycles. The van der Waals surface area contributed by atoms with Crippen molar-refractivity contribution in [2.75, 3.05) is 7.05 Å². The van der Waals surface area contributed by atoms with Crippen molar-refractivity contribution in [2.45, 2.75) is 37.8 Å². The predicted octanol–water partition coefficient (Wildman–Crippen LogP) is 2.07. The Labute approximate surface area is 120 Å². The van der Waals surface area contributed by atoms with Gasteiger partial charge in [0.25, 0.3) is 5.91 Å². The van der Waals surface area contributed by atoms with Crippen LogP contribution in [0.1, 0.15) is 36.0 Å². The number of hydrogen-bond donors (Lipinski definition) is 3. The van der Waals surface area contributed by atoms with E-state index < -0.39 is 34.7 Å². The zero-order valence-electron chi connectivity index (χ0n) is 11.5. The molecule has 4 nitrogen and oxygen atoms in total. The van der Waals surface area contributed by atoms with Crippen molar-refractivity contribution in [3.05, 3.63) is 29.1 Å². The molecule has 0 spiro atoms. The lowest BCUT2D eigenvalue weighted by Crippen LogP contribution is -2.41. The number of aromatic hydroxyl groups is 1. The summed E-state index contributed by atoms with van der Waals surface area (Å²) in [6.45, 7) is 0. The van der Waals surface area contributed by atoms with E-state index in [9.17, 15) is 18.0 Å². The van der Waals surface area contributed by atoms with E-state index in [-0.39, 0.29) is 6.04 Å². The van der Waals surface area contributed by atoms with Crippen molar-refractivity contribution in [1.82, 2.24) is 10.6 Å². The van der Waals surface area contributed by atoms with Gasteiger partial charge in [-0.3, -0.25) is 4.79 Å². The van der Waals surface area contributed by atoms with E-state index in [1.165, 1.54) is 0 Å². The molecule has 2 rings (SSSR count). The molecule has 0 aliphatic heterocycles. The lowest BCUT2D eigenvalue weighted by Gasteiger charge is -2.28. The van der Waals surface area contributed by atoms with Crippen LogP contribution in [0.5, 0.6) is 5.75 Å². The average Bonchev–Trinajstić information content (AvgIpc) is 2.49. The number of benzene rings is 1. The van der Waals surface area contributed by atoms with E-state index in [1.54, 1.807) is 0 Å². The molecular formula is C14H17F3N2O2. The number of halogens is 3. The lowest BCUT2D eigenvalue weighted by molar-refractivity contribution is 0.0918. The highest BCUT2D eigenvalue weighted by atomic mass is 19.2. The maximum Gasteiger partial charge on any atom is 0.254 e. The summed E-state index contributed by atoms with van der Waals surface area (Å²) in [6.07, 6.45) is 3.17. The molecule has 0 bridgehead atoms. The molecule has 1 aliphatic rings. The second kappa shape index (κ2) is 6.34. The van der Waals surface area contributed by atoms with Gasteiger partial charge in [-0.2, -0.15) is 4.39 Å². The highest BCUT2D eigenvalue weighted by Crippen LogP contribution is 2.26. The van der Waals surface area contributed by atoms with Crippen LogP contribution >= 0.6 is 0 Å². The Hall–Kier alpha value is -1.76. The Morgan fingerprint density at radius 3 is 2.29 bits per heavy atom. The Bertz CT molecular complexity index is 544. The number of carbonyl (C=O) groups excluding carboxylic acids is 1. The van der Waals surface area contributed by atoms with E-state index in [1.807, 2.05) is 7.05 Å². The minimum atomic E-state index is -1.70. The molecule has 1 amide bonds. The largest absolute Gasteiger partial charge is 0.503 e. The monoisotopic (exact) mass is 302 g/mol. The van der Waals surface area contributed by atoms with E-state index >= 15 is 0 Å². The first kappa shape index (κ1) is 15.6. The molecule has 7 heteroatoms. The van der Waals surface area contributed by atoms with Crippen molar-refractivity contribution >= 4 is 5.91 Å². The van der Waals surface area contributed by atoms with Crippen LogP contribution in [0, 0.1) is 17.5 Å². The van der Waals surface area contributed by atoms with Gasteiger partial charge in [0.05, 0.1) is 5.56 Å². The Morgan fingerprint density at radius 1 is 1.14 bits per heavy atom. The molecule has 21 heavy (non-hydrogen) atoms. The molecule has 0 unspecified atom stereocenters. The highest BCUT2D eigenvalue weighted by Gasteiger charge is 2.26. The summed E-state index contributed by atoms with van der Waals surface area (Å²) in [5.41, 5.74) is -0.692. The second-order valence-corrected chi connectivity index (χ2v) is 5.19. The van der Waals surface area contributed by atoms with Gasteiger partial charge in [0.2, 0.25) is 5.82 Å². The van der Waals surface area contributed by atoms with Gasteiger partial charge >= 0.3 is 0 Å². The number of nitrogens with one attached hydrogen (secondary N) is 2. The summed E-state index contributed by atoms with van der Waals surface area (Å²) in [7, 11) is 1.86. The van der Waals surface area contributed by atoms with Crippen molar-refractivity contribution < 1.29 is 23.1 Å². The van der Waals surface area contributed by atoms with E-state index in [2.05, 4.69) is 10.6 Å². The zero-order valence-corrected chi connectivity index (χ0v) is 11.5. The summed E-state index contributed by atoms with van der Waals surface area (Å²) < 4.78 is 39.8. The molecule has 0 heterocycles. The molecule has 1 fully saturated rings. The van der Waals surface area contributed by atoms with Gasteiger partial charge in [0.1, 0.15) is 0 Å². The normalized spacial score (nSPS) is 22.1. The van der Waals surface area contributed by atoms with Crippen LogP contribution in [-0.2, 0) is 0 Å². The van der Waals surface area contributed by atoms with E-state index in [0.29, 0.717) is 24.9 Å². The summed E-state index contributed by atoms with van der Waals surface area (Å²) in [4.78, 5) is 11.9. The second-order valence-electron chi connectivity index (χ2n) is 5.19. The Morgan fingerprint density at radius 2 is 1.71 bits per heavy atom. The third-order valence-electron chi connectivity index (χ3n) is 3.85. The predicted molar refractivity (Wildman–Crippen MR) is 70.6 cm³/mol. The third kappa shape index (κ3) is 3.29. The van der Waals surface area contributed by atoms with Crippen molar-refractivity contribution in [2.24, 2.45) is 0 Å². The van der Waals surface area contributed by atoms with E-state index in [4.69, 9.17) is 5.11 Å². The standard InChI is InChI=1S/C14H17F3N2O2/c1-18-7-2-4-8(5-3-7)19-14(21)9-6-10(15)12(17)13(20)11(9)16/h6-8,18,20H,2-5H2,1H3,(H,19,21). The van der Waals surface area contributed by atoms with E-state index in [0.717, 1.165) is 12.8 Å². The zero-order chi connectivity index (χ0) is 15.6. The minimum absolute atomic E-state index is 0.142. The first-order chi connectivity index (χ1) is 9.93. The Kier molecular flexibility index (Phi) is 4.72.